The summed E-state index contributed by atoms with van der Waals surface area (Å²) in [7, 11) is 0. The van der Waals surface area contributed by atoms with Gasteiger partial charge in [-0.1, -0.05) is 42.5 Å². The van der Waals surface area contributed by atoms with Crippen molar-refractivity contribution in [3.05, 3.63) is 90.3 Å². The molecule has 0 radical (unpaired) electrons. The van der Waals surface area contributed by atoms with E-state index < -0.39 is 0 Å². The molecule has 0 spiro atoms. The van der Waals surface area contributed by atoms with Crippen LogP contribution in [0.4, 0.5) is 0 Å². The van der Waals surface area contributed by atoms with Crippen molar-refractivity contribution < 1.29 is 9.53 Å². The monoisotopic (exact) mass is 397 g/mol. The molecule has 5 rings (SSSR count). The molecule has 5 nitrogen and oxygen atoms in total. The molecule has 1 aliphatic rings. The lowest BCUT2D eigenvalue weighted by atomic mass is 9.92. The van der Waals surface area contributed by atoms with Gasteiger partial charge >= 0.3 is 0 Å². The number of aromatic nitrogens is 2. The highest BCUT2D eigenvalue weighted by atomic mass is 16.5. The van der Waals surface area contributed by atoms with Crippen molar-refractivity contribution in [2.45, 2.75) is 31.9 Å². The van der Waals surface area contributed by atoms with Crippen LogP contribution in [0.1, 0.15) is 35.2 Å². The third-order valence-corrected chi connectivity index (χ3v) is 5.65. The molecule has 30 heavy (non-hydrogen) atoms. The van der Waals surface area contributed by atoms with Gasteiger partial charge < -0.3 is 10.1 Å². The molecular weight excluding hydrogens is 374 g/mol. The largest absolute Gasteiger partial charge is 0.487 e. The van der Waals surface area contributed by atoms with Gasteiger partial charge in [0.2, 0.25) is 0 Å². The summed E-state index contributed by atoms with van der Waals surface area (Å²) >= 11 is 0. The Balaban J connectivity index is 1.40. The summed E-state index contributed by atoms with van der Waals surface area (Å²) in [5, 5.41) is 9.39. The van der Waals surface area contributed by atoms with Crippen LogP contribution >= 0.6 is 0 Å². The van der Waals surface area contributed by atoms with Crippen LogP contribution in [0.25, 0.3) is 16.5 Å². The first-order valence-electron chi connectivity index (χ1n) is 10.3. The van der Waals surface area contributed by atoms with E-state index in [1.54, 1.807) is 6.20 Å². The number of hydrogen-bond acceptors (Lipinski definition) is 3. The summed E-state index contributed by atoms with van der Waals surface area (Å²) in [5.41, 5.74) is 2.62. The Morgan fingerprint density at radius 3 is 2.60 bits per heavy atom. The Kier molecular flexibility index (Phi) is 4.93. The Morgan fingerprint density at radius 2 is 1.87 bits per heavy atom. The van der Waals surface area contributed by atoms with E-state index in [4.69, 9.17) is 4.74 Å². The zero-order chi connectivity index (χ0) is 20.3. The quantitative estimate of drug-likeness (QED) is 0.504. The molecule has 0 saturated heterocycles. The third kappa shape index (κ3) is 3.66. The van der Waals surface area contributed by atoms with Crippen molar-refractivity contribution in [1.29, 1.82) is 0 Å². The fourth-order valence-corrected chi connectivity index (χ4v) is 3.72. The molecule has 0 bridgehead atoms. The van der Waals surface area contributed by atoms with Crippen LogP contribution in [0, 0.1) is 0 Å². The maximum absolute atomic E-state index is 12.9. The SMILES string of the molecule is O=C(NC1CCC1)c1ccc2ccccc2c1OCc1ccc(-n2cccn2)cc1. The maximum atomic E-state index is 12.9. The molecule has 4 aromatic rings. The molecule has 150 valence electrons. The summed E-state index contributed by atoms with van der Waals surface area (Å²) in [5.74, 6) is 0.579. The maximum Gasteiger partial charge on any atom is 0.255 e. The average molecular weight is 397 g/mol. The summed E-state index contributed by atoms with van der Waals surface area (Å²) in [6.07, 6.45) is 6.96. The van der Waals surface area contributed by atoms with Gasteiger partial charge in [-0.3, -0.25) is 4.79 Å². The molecular formula is C25H23N3O2. The van der Waals surface area contributed by atoms with Crippen LogP contribution in [0.2, 0.25) is 0 Å². The van der Waals surface area contributed by atoms with Crippen LogP contribution in [0.15, 0.2) is 79.1 Å². The van der Waals surface area contributed by atoms with Gasteiger partial charge in [0.1, 0.15) is 12.4 Å². The second-order valence-corrected chi connectivity index (χ2v) is 7.67. The van der Waals surface area contributed by atoms with Gasteiger partial charge in [-0.2, -0.15) is 5.10 Å². The van der Waals surface area contributed by atoms with E-state index >= 15 is 0 Å². The van der Waals surface area contributed by atoms with Gasteiger partial charge in [0.05, 0.1) is 11.3 Å². The van der Waals surface area contributed by atoms with E-state index in [0.717, 1.165) is 34.9 Å². The lowest BCUT2D eigenvalue weighted by molar-refractivity contribution is 0.0912. The second-order valence-electron chi connectivity index (χ2n) is 7.67. The number of fused-ring (bicyclic) bond motifs is 1. The fraction of sp³-hybridized carbons (Fsp3) is 0.200. The summed E-state index contributed by atoms with van der Waals surface area (Å²) < 4.78 is 8.06. The van der Waals surface area contributed by atoms with E-state index in [-0.39, 0.29) is 11.9 Å². The zero-order valence-electron chi connectivity index (χ0n) is 16.6. The number of nitrogens with zero attached hydrogens (tertiary/aromatic N) is 2. The molecule has 5 heteroatoms. The highest BCUT2D eigenvalue weighted by Gasteiger charge is 2.23. The van der Waals surface area contributed by atoms with Crippen molar-refractivity contribution in [2.75, 3.05) is 0 Å². The molecule has 1 amide bonds. The van der Waals surface area contributed by atoms with Crippen molar-refractivity contribution >= 4 is 16.7 Å². The highest BCUT2D eigenvalue weighted by molar-refractivity contribution is 6.04. The first kappa shape index (κ1) is 18.4. The smallest absolute Gasteiger partial charge is 0.255 e. The predicted octanol–water partition coefficient (Wildman–Crippen LogP) is 4.89. The Labute approximate surface area is 175 Å². The molecule has 0 unspecified atom stereocenters. The highest BCUT2D eigenvalue weighted by Crippen LogP contribution is 2.31. The Morgan fingerprint density at radius 1 is 1.03 bits per heavy atom. The number of benzene rings is 3. The van der Waals surface area contributed by atoms with Crippen LogP contribution < -0.4 is 10.1 Å². The average Bonchev–Trinajstić information content (AvgIpc) is 3.29. The normalized spacial score (nSPS) is 13.7. The Bertz CT molecular complexity index is 1160. The van der Waals surface area contributed by atoms with Crippen LogP contribution in [-0.2, 0) is 6.61 Å². The lowest BCUT2D eigenvalue weighted by Gasteiger charge is -2.27. The number of amides is 1. The molecule has 3 aromatic carbocycles. The topological polar surface area (TPSA) is 56.1 Å². The third-order valence-electron chi connectivity index (χ3n) is 5.65. The van der Waals surface area contributed by atoms with Crippen molar-refractivity contribution in [1.82, 2.24) is 15.1 Å². The summed E-state index contributed by atoms with van der Waals surface area (Å²) in [4.78, 5) is 12.9. The summed E-state index contributed by atoms with van der Waals surface area (Å²) in [6, 6.07) is 22.1. The number of ether oxygens (including phenoxy) is 1. The molecule has 1 aliphatic carbocycles. The number of carbonyl (C=O) groups is 1. The number of hydrogen-bond donors (Lipinski definition) is 1. The molecule has 1 saturated carbocycles. The van der Waals surface area contributed by atoms with Crippen molar-refractivity contribution in [2.24, 2.45) is 0 Å². The predicted molar refractivity (Wildman–Crippen MR) is 117 cm³/mol. The van der Waals surface area contributed by atoms with Gasteiger partial charge in [-0.15, -0.1) is 0 Å². The molecule has 0 atom stereocenters. The lowest BCUT2D eigenvalue weighted by Crippen LogP contribution is -2.39. The molecule has 0 aliphatic heterocycles. The minimum Gasteiger partial charge on any atom is -0.487 e. The minimum atomic E-state index is -0.0607. The van der Waals surface area contributed by atoms with Crippen LogP contribution in [0.5, 0.6) is 5.75 Å². The Hall–Kier alpha value is -3.60. The fourth-order valence-electron chi connectivity index (χ4n) is 3.72. The number of rotatable bonds is 6. The van der Waals surface area contributed by atoms with Gasteiger partial charge in [0, 0.05) is 23.8 Å². The first-order chi connectivity index (χ1) is 14.8. The van der Waals surface area contributed by atoms with Gasteiger partial charge in [0.25, 0.3) is 5.91 Å². The summed E-state index contributed by atoms with van der Waals surface area (Å²) in [6.45, 7) is 0.386. The molecule has 1 heterocycles. The second kappa shape index (κ2) is 8.03. The van der Waals surface area contributed by atoms with Gasteiger partial charge in [-0.25, -0.2) is 4.68 Å². The van der Waals surface area contributed by atoms with Crippen molar-refractivity contribution in [3.63, 3.8) is 0 Å². The molecule has 1 N–H and O–H groups in total. The van der Waals surface area contributed by atoms with E-state index in [9.17, 15) is 4.79 Å². The van der Waals surface area contributed by atoms with Gasteiger partial charge in [-0.05, 0) is 54.5 Å². The van der Waals surface area contributed by atoms with Crippen molar-refractivity contribution in [3.8, 4) is 11.4 Å². The van der Waals surface area contributed by atoms with E-state index in [1.165, 1.54) is 6.42 Å². The zero-order valence-corrected chi connectivity index (χ0v) is 16.6. The molecule has 1 aromatic heterocycles. The standard InChI is InChI=1S/C25H23N3O2/c29-25(27-20-6-3-7-20)23-14-11-19-5-1-2-8-22(19)24(23)30-17-18-9-12-21(13-10-18)28-16-4-15-26-28/h1-2,4-5,8-16,20H,3,6-7,17H2,(H,27,29). The van der Waals surface area contributed by atoms with E-state index in [1.807, 2.05) is 77.6 Å². The van der Waals surface area contributed by atoms with Gasteiger partial charge in [0.15, 0.2) is 0 Å². The van der Waals surface area contributed by atoms with Crippen LogP contribution in [-0.4, -0.2) is 21.7 Å². The molecule has 1 fully saturated rings. The van der Waals surface area contributed by atoms with Crippen LogP contribution in [0.3, 0.4) is 0 Å². The number of nitrogens with one attached hydrogen (secondary N) is 1. The van der Waals surface area contributed by atoms with E-state index in [2.05, 4.69) is 10.4 Å². The number of carbonyl (C=O) groups excluding carboxylic acids is 1. The first-order valence-corrected chi connectivity index (χ1v) is 10.3. The minimum absolute atomic E-state index is 0.0607. The van der Waals surface area contributed by atoms with E-state index in [0.29, 0.717) is 17.9 Å².